The highest BCUT2D eigenvalue weighted by atomic mass is 16.5. The molecule has 8 heteroatoms. The number of rotatable bonds is 7. The summed E-state index contributed by atoms with van der Waals surface area (Å²) in [5, 5.41) is 0. The first-order valence-corrected chi connectivity index (χ1v) is 11.4. The Morgan fingerprint density at radius 1 is 1.07 bits per heavy atom. The van der Waals surface area contributed by atoms with Crippen LogP contribution in [0, 0.1) is 17.8 Å². The molecule has 2 heterocycles. The van der Waals surface area contributed by atoms with Crippen LogP contribution in [0.15, 0.2) is 9.59 Å². The molecule has 2 saturated carbocycles. The summed E-state index contributed by atoms with van der Waals surface area (Å²) < 4.78 is 8.27. The number of aromatic nitrogens is 4. The molecule has 0 radical (unpaired) electrons. The molecular weight excluding hydrogens is 384 g/mol. The highest BCUT2D eigenvalue weighted by molar-refractivity contribution is 5.74. The largest absolute Gasteiger partial charge is 0.466 e. The number of hydrogen-bond donors (Lipinski definition) is 1. The number of nitrogens with one attached hydrogen (secondary N) is 1. The number of aryl methyl sites for hydroxylation is 1. The van der Waals surface area contributed by atoms with Gasteiger partial charge >= 0.3 is 11.7 Å². The van der Waals surface area contributed by atoms with E-state index >= 15 is 0 Å². The second-order valence-electron chi connectivity index (χ2n) is 8.76. The molecule has 4 rings (SSSR count). The molecule has 2 aliphatic rings. The molecule has 0 amide bonds. The molecule has 2 fully saturated rings. The molecule has 2 aromatic rings. The maximum absolute atomic E-state index is 13.0. The first kappa shape index (κ1) is 20.9. The van der Waals surface area contributed by atoms with E-state index in [4.69, 9.17) is 9.72 Å². The van der Waals surface area contributed by atoms with Gasteiger partial charge < -0.3 is 9.72 Å². The van der Waals surface area contributed by atoms with Crippen LogP contribution in [0.3, 0.4) is 0 Å². The van der Waals surface area contributed by atoms with Gasteiger partial charge in [0, 0.05) is 19.0 Å². The molecule has 2 bridgehead atoms. The summed E-state index contributed by atoms with van der Waals surface area (Å²) in [6, 6.07) is 0. The van der Waals surface area contributed by atoms with E-state index in [1.54, 1.807) is 4.57 Å². The molecule has 2 atom stereocenters. The molecule has 2 aromatic heterocycles. The van der Waals surface area contributed by atoms with Gasteiger partial charge in [-0.2, -0.15) is 0 Å². The summed E-state index contributed by atoms with van der Waals surface area (Å²) in [7, 11) is 0. The zero-order chi connectivity index (χ0) is 21.4. The van der Waals surface area contributed by atoms with Crippen molar-refractivity contribution in [3.05, 3.63) is 26.7 Å². The van der Waals surface area contributed by atoms with E-state index in [2.05, 4.69) is 4.98 Å². The van der Waals surface area contributed by atoms with Gasteiger partial charge in [0.15, 0.2) is 5.65 Å². The summed E-state index contributed by atoms with van der Waals surface area (Å²) in [4.78, 5) is 46.3. The van der Waals surface area contributed by atoms with E-state index in [9.17, 15) is 14.4 Å². The quantitative estimate of drug-likeness (QED) is 0.700. The molecule has 2 aliphatic carbocycles. The van der Waals surface area contributed by atoms with Gasteiger partial charge in [-0.3, -0.25) is 18.7 Å². The fourth-order valence-corrected chi connectivity index (χ4v) is 5.60. The molecule has 1 N–H and O–H groups in total. The van der Waals surface area contributed by atoms with Crippen molar-refractivity contribution in [2.45, 2.75) is 78.3 Å². The minimum atomic E-state index is -0.286. The van der Waals surface area contributed by atoms with Gasteiger partial charge in [0.1, 0.15) is 11.3 Å². The van der Waals surface area contributed by atoms with E-state index in [-0.39, 0.29) is 29.1 Å². The number of carbonyl (C=O) groups excluding carboxylic acids is 1. The lowest BCUT2D eigenvalue weighted by Crippen LogP contribution is -2.40. The van der Waals surface area contributed by atoms with Crippen LogP contribution >= 0.6 is 0 Å². The number of imidazole rings is 1. The Labute approximate surface area is 175 Å². The molecule has 30 heavy (non-hydrogen) atoms. The van der Waals surface area contributed by atoms with Gasteiger partial charge in [-0.15, -0.1) is 0 Å². The van der Waals surface area contributed by atoms with Gasteiger partial charge in [-0.05, 0) is 57.3 Å². The smallest absolute Gasteiger partial charge is 0.332 e. The van der Waals surface area contributed by atoms with Crippen molar-refractivity contribution in [3.63, 3.8) is 0 Å². The van der Waals surface area contributed by atoms with Crippen LogP contribution in [0.4, 0.5) is 0 Å². The molecule has 0 aromatic carbocycles. The van der Waals surface area contributed by atoms with E-state index in [1.807, 2.05) is 20.8 Å². The highest BCUT2D eigenvalue weighted by Crippen LogP contribution is 2.52. The van der Waals surface area contributed by atoms with Crippen molar-refractivity contribution in [3.8, 4) is 0 Å². The molecule has 8 nitrogen and oxygen atoms in total. The minimum Gasteiger partial charge on any atom is -0.466 e. The summed E-state index contributed by atoms with van der Waals surface area (Å²) in [5.74, 6) is 1.48. The van der Waals surface area contributed by atoms with E-state index in [0.29, 0.717) is 42.7 Å². The molecule has 0 spiro atoms. The Bertz CT molecular complexity index is 1040. The lowest BCUT2D eigenvalue weighted by Gasteiger charge is -2.32. The number of nitrogens with zero attached hydrogens (tertiary/aromatic N) is 3. The third-order valence-electron chi connectivity index (χ3n) is 6.82. The van der Waals surface area contributed by atoms with Crippen molar-refractivity contribution in [1.29, 1.82) is 0 Å². The zero-order valence-electron chi connectivity index (χ0n) is 18.1. The van der Waals surface area contributed by atoms with Gasteiger partial charge in [0.2, 0.25) is 0 Å². The van der Waals surface area contributed by atoms with Crippen LogP contribution in [0.25, 0.3) is 11.2 Å². The maximum atomic E-state index is 13.0. The Kier molecular flexibility index (Phi) is 5.84. The molecule has 2 unspecified atom stereocenters. The third-order valence-corrected chi connectivity index (χ3v) is 6.82. The van der Waals surface area contributed by atoms with Crippen LogP contribution < -0.4 is 11.2 Å². The van der Waals surface area contributed by atoms with Crippen LogP contribution in [0.5, 0.6) is 0 Å². The highest BCUT2D eigenvalue weighted by Gasteiger charge is 2.48. The van der Waals surface area contributed by atoms with Crippen molar-refractivity contribution in [1.82, 2.24) is 19.1 Å². The molecule has 164 valence electrons. The number of esters is 1. The Morgan fingerprint density at radius 3 is 2.30 bits per heavy atom. The number of fused-ring (bicyclic) bond motifs is 3. The average Bonchev–Trinajstić information content (AvgIpc) is 3.28. The summed E-state index contributed by atoms with van der Waals surface area (Å²) in [6.45, 7) is 7.17. The first-order chi connectivity index (χ1) is 14.5. The van der Waals surface area contributed by atoms with E-state index in [0.717, 1.165) is 44.3 Å². The summed E-state index contributed by atoms with van der Waals surface area (Å²) >= 11 is 0. The number of hydrogen-bond acceptors (Lipinski definition) is 5. The predicted molar refractivity (Wildman–Crippen MR) is 114 cm³/mol. The van der Waals surface area contributed by atoms with Gasteiger partial charge in [0.05, 0.1) is 12.5 Å². The van der Waals surface area contributed by atoms with Crippen LogP contribution in [-0.2, 0) is 22.6 Å². The van der Waals surface area contributed by atoms with Gasteiger partial charge in [-0.1, -0.05) is 13.8 Å². The standard InChI is InChI=1S/C22H32N4O4/c1-4-9-25-19-17(20(27)26(10-5-2)22(25)29)23-18(24-19)15-11-13-7-8-14(12-15)16(13)21(28)30-6-3/h13-16H,4-12H2,1-3H3,(H,23,24). The van der Waals surface area contributed by atoms with Crippen molar-refractivity contribution < 1.29 is 9.53 Å². The Balaban J connectivity index is 1.71. The second-order valence-corrected chi connectivity index (χ2v) is 8.76. The lowest BCUT2D eigenvalue weighted by molar-refractivity contribution is -0.152. The Morgan fingerprint density at radius 2 is 1.70 bits per heavy atom. The van der Waals surface area contributed by atoms with Crippen LogP contribution in [0.2, 0.25) is 0 Å². The van der Waals surface area contributed by atoms with Crippen molar-refractivity contribution in [2.24, 2.45) is 17.8 Å². The lowest BCUT2D eigenvalue weighted by atomic mass is 9.73. The topological polar surface area (TPSA) is 99.0 Å². The number of ether oxygens (including phenoxy) is 1. The monoisotopic (exact) mass is 416 g/mol. The fraction of sp³-hybridized carbons (Fsp3) is 0.727. The van der Waals surface area contributed by atoms with Crippen molar-refractivity contribution in [2.75, 3.05) is 6.61 Å². The molecular formula is C22H32N4O4. The van der Waals surface area contributed by atoms with Gasteiger partial charge in [0.25, 0.3) is 5.56 Å². The number of H-pyrrole nitrogens is 1. The second kappa shape index (κ2) is 8.40. The summed E-state index contributed by atoms with van der Waals surface area (Å²) in [6.07, 6.45) is 5.30. The van der Waals surface area contributed by atoms with E-state index < -0.39 is 0 Å². The van der Waals surface area contributed by atoms with Crippen LogP contribution in [0.1, 0.15) is 71.0 Å². The fourth-order valence-electron chi connectivity index (χ4n) is 5.60. The molecule has 0 saturated heterocycles. The predicted octanol–water partition coefficient (Wildman–Crippen LogP) is 2.79. The van der Waals surface area contributed by atoms with E-state index in [1.165, 1.54) is 4.57 Å². The average molecular weight is 417 g/mol. The maximum Gasteiger partial charge on any atom is 0.332 e. The third kappa shape index (κ3) is 3.40. The van der Waals surface area contributed by atoms with Crippen molar-refractivity contribution >= 4 is 17.1 Å². The number of aromatic amines is 1. The number of carbonyl (C=O) groups is 1. The zero-order valence-corrected chi connectivity index (χ0v) is 18.1. The normalized spacial score (nSPS) is 25.7. The first-order valence-electron chi connectivity index (χ1n) is 11.4. The van der Waals surface area contributed by atoms with Crippen LogP contribution in [-0.4, -0.2) is 31.7 Å². The minimum absolute atomic E-state index is 0.00867. The summed E-state index contributed by atoms with van der Waals surface area (Å²) in [5.41, 5.74) is 0.326. The Hall–Kier alpha value is -2.38. The van der Waals surface area contributed by atoms with Gasteiger partial charge in [-0.25, -0.2) is 9.78 Å². The molecule has 0 aliphatic heterocycles. The SMILES string of the molecule is CCCn1c(=O)c2[nH]c(C3CC4CCC(C3)C4C(=O)OCC)nc2n(CCC)c1=O.